The van der Waals surface area contributed by atoms with Crippen LogP contribution >= 0.6 is 0 Å². The maximum Gasteiger partial charge on any atom is 0.161 e. The van der Waals surface area contributed by atoms with E-state index in [-0.39, 0.29) is 6.04 Å². The van der Waals surface area contributed by atoms with Crippen molar-refractivity contribution in [1.82, 2.24) is 4.90 Å². The van der Waals surface area contributed by atoms with Gasteiger partial charge in [-0.3, -0.25) is 4.90 Å². The van der Waals surface area contributed by atoms with Crippen molar-refractivity contribution >= 4 is 291 Å². The SMILES string of the molecule is CCCCCCCCCCCCOc1cc(CN2CC34c5c6c7c8c9c%10c(c%11c%12c3c3c5c5c%13c6c6c7c7c9c9c%14c%10c%10c%11c%11c%12c%12c3c3c5c5c%13c%13c6c6c7c9c7c9c%14c%10c%10c%11c%11c%12c3c3c5c5c%13c6c7c6c9c%10c%11c3c56)C84C2c2ccc(OC)c(OC)c2)cc(OCCCCCCCCCCCC)c1. The number of ether oxygens (including phenoxy) is 4. The van der Waals surface area contributed by atoms with E-state index in [0.717, 1.165) is 62.1 Å². The highest BCUT2D eigenvalue weighted by molar-refractivity contribution is 6.82. The second-order valence-electron chi connectivity index (χ2n) is 36.8. The molecule has 1 unspecified atom stereocenters. The predicted octanol–water partition coefficient (Wildman–Crippen LogP) is 28.2. The molecule has 30 aromatic carbocycles. The second kappa shape index (κ2) is 15.4. The molecular weight excluding hydrogens is 1290 g/mol. The minimum atomic E-state index is -0.559. The molecule has 35 rings (SSSR count). The van der Waals surface area contributed by atoms with Gasteiger partial charge in [0.1, 0.15) is 11.5 Å². The lowest BCUT2D eigenvalue weighted by molar-refractivity contribution is 0.216. The Morgan fingerprint density at radius 1 is 0.283 bits per heavy atom. The van der Waals surface area contributed by atoms with E-state index in [2.05, 4.69) is 55.1 Å². The fraction of sp³-hybridized carbons (Fsp3) is 0.307. The molecule has 1 saturated heterocycles. The first-order valence-electron chi connectivity index (χ1n) is 41.8. The van der Waals surface area contributed by atoms with E-state index >= 15 is 0 Å². The van der Waals surface area contributed by atoms with Gasteiger partial charge in [0.25, 0.3) is 0 Å². The smallest absolute Gasteiger partial charge is 0.161 e. The number of rotatable bonds is 29. The zero-order valence-electron chi connectivity index (χ0n) is 60.1. The van der Waals surface area contributed by atoms with Gasteiger partial charge < -0.3 is 18.9 Å². The van der Waals surface area contributed by atoms with Crippen molar-refractivity contribution in [3.05, 3.63) is 69.8 Å². The van der Waals surface area contributed by atoms with Gasteiger partial charge in [0.15, 0.2) is 11.5 Å². The summed E-state index contributed by atoms with van der Waals surface area (Å²) in [6, 6.07) is 14.3. The van der Waals surface area contributed by atoms with Crippen molar-refractivity contribution in [2.45, 2.75) is 166 Å². The van der Waals surface area contributed by atoms with Crippen LogP contribution in [0.4, 0.5) is 0 Å². The first-order chi connectivity index (χ1) is 52.6. The average Bonchev–Trinajstić information content (AvgIpc) is 1.38. The predicted molar refractivity (Wildman–Crippen MR) is 448 cm³/mol. The summed E-state index contributed by atoms with van der Waals surface area (Å²) in [7, 11) is 3.70. The van der Waals surface area contributed by atoms with E-state index in [1.165, 1.54) is 127 Å². The molecule has 0 radical (unpaired) electrons. The Balaban J connectivity index is 0.691. The largest absolute Gasteiger partial charge is 0.493 e. The van der Waals surface area contributed by atoms with Gasteiger partial charge in [-0.15, -0.1) is 0 Å². The van der Waals surface area contributed by atoms with Crippen molar-refractivity contribution in [1.29, 1.82) is 0 Å². The average molecular weight is 1360 g/mol. The number of likely N-dealkylation sites (tertiary alicyclic amines) is 1. The van der Waals surface area contributed by atoms with Gasteiger partial charge in [-0.1, -0.05) is 135 Å². The summed E-state index contributed by atoms with van der Waals surface area (Å²) < 4.78 is 27.2. The summed E-state index contributed by atoms with van der Waals surface area (Å²) in [6.45, 7) is 7.72. The Kier molecular flexibility index (Phi) is 7.55. The zero-order chi connectivity index (χ0) is 67.1. The zero-order valence-corrected chi connectivity index (χ0v) is 60.1. The molecule has 1 fully saturated rings. The summed E-state index contributed by atoms with van der Waals surface area (Å²) in [5, 5.41) is 88.4. The Hall–Kier alpha value is -9.94. The van der Waals surface area contributed by atoms with Gasteiger partial charge in [0.2, 0.25) is 0 Å². The molecule has 0 bridgehead atoms. The number of hydrogen-bond donors (Lipinski definition) is 0. The highest BCUT2D eigenvalue weighted by Crippen LogP contribution is 2.87. The molecular formula is C101H67NO4. The van der Waals surface area contributed by atoms with Crippen LogP contribution in [0.5, 0.6) is 23.0 Å². The maximum absolute atomic E-state index is 7.13. The molecule has 106 heavy (non-hydrogen) atoms. The van der Waals surface area contributed by atoms with E-state index in [4.69, 9.17) is 18.9 Å². The van der Waals surface area contributed by atoms with Crippen molar-refractivity contribution in [3.8, 4) is 23.0 Å². The van der Waals surface area contributed by atoms with E-state index in [0.29, 0.717) is 0 Å². The highest BCUT2D eigenvalue weighted by Gasteiger charge is 2.76. The molecule has 0 amide bonds. The van der Waals surface area contributed by atoms with Crippen LogP contribution in [-0.4, -0.2) is 38.9 Å². The quantitative estimate of drug-likeness (QED) is 0.0345. The van der Waals surface area contributed by atoms with Crippen LogP contribution in [-0.2, 0) is 17.4 Å². The molecule has 5 heteroatoms. The standard InChI is InChI=1S/C101H67NO4/c1-5-7-9-11-13-15-17-19-21-23-27-105-37-29-35(30-38(32-37)106-28-24-22-20-18-16-14-12-10-8-6-2)33-102-34-100-95-87-79-69-59-51-43-41-42-45-49-47(43)55-63-57(49)67-61-53(45)54-46(42)50-48-44(41)52(51)60-66-56(48)64-58(50)68-62(54)72-71(61)83-77(67)85-75(63)81(73(79)65(55)59)89(95)91(85)97-93(83)94-84(72)78(68)86-76(64)82-74(66)80(70(60)69)88(87)96(100)90(82)92(86)98(94)101(97,100)99(102)36-25-26-39(103-3)40(31-36)104-4/h25-26,29-32,99H,5-24,27-28,33-34H2,1-4H3. The highest BCUT2D eigenvalue weighted by atomic mass is 16.5. The van der Waals surface area contributed by atoms with Crippen LogP contribution in [0.15, 0.2) is 36.4 Å². The van der Waals surface area contributed by atoms with Crippen LogP contribution < -0.4 is 18.9 Å². The van der Waals surface area contributed by atoms with Crippen LogP contribution in [0.2, 0.25) is 0 Å². The Labute approximate surface area is 603 Å². The molecule has 30 aromatic rings. The van der Waals surface area contributed by atoms with Crippen molar-refractivity contribution in [2.75, 3.05) is 34.0 Å². The lowest BCUT2D eigenvalue weighted by Gasteiger charge is -2.52. The molecule has 0 N–H and O–H groups in total. The van der Waals surface area contributed by atoms with Gasteiger partial charge >= 0.3 is 0 Å². The summed E-state index contributed by atoms with van der Waals surface area (Å²) in [6.07, 6.45) is 26.1. The molecule has 4 aliphatic carbocycles. The number of unbranched alkanes of at least 4 members (excludes halogenated alkanes) is 18. The third-order valence-electron chi connectivity index (χ3n) is 33.4. The lowest BCUT2D eigenvalue weighted by Crippen LogP contribution is -2.51. The Morgan fingerprint density at radius 2 is 0.538 bits per heavy atom. The van der Waals surface area contributed by atoms with Gasteiger partial charge in [-0.25, -0.2) is 0 Å². The maximum atomic E-state index is 7.13. The van der Waals surface area contributed by atoms with Gasteiger partial charge in [0, 0.05) is 19.2 Å². The van der Waals surface area contributed by atoms with E-state index in [1.807, 2.05) is 14.2 Å². The van der Waals surface area contributed by atoms with E-state index in [1.54, 1.807) is 313 Å². The monoisotopic (exact) mass is 1360 g/mol. The molecule has 1 heterocycles. The fourth-order valence-electron chi connectivity index (χ4n) is 31.2. The van der Waals surface area contributed by atoms with Gasteiger partial charge in [0.05, 0.1) is 44.3 Å². The van der Waals surface area contributed by atoms with E-state index < -0.39 is 10.8 Å². The minimum absolute atomic E-state index is 0.115. The summed E-state index contributed by atoms with van der Waals surface area (Å²) in [5.74, 6) is 3.52. The number of benzene rings is 20. The molecule has 0 aromatic heterocycles. The van der Waals surface area contributed by atoms with Gasteiger partial charge in [-0.05, 0) is 361 Å². The first kappa shape index (κ1) is 52.1. The van der Waals surface area contributed by atoms with Gasteiger partial charge in [-0.2, -0.15) is 0 Å². The summed E-state index contributed by atoms with van der Waals surface area (Å²) >= 11 is 0. The second-order valence-corrected chi connectivity index (χ2v) is 36.8. The van der Waals surface area contributed by atoms with Crippen molar-refractivity contribution in [3.63, 3.8) is 0 Å². The number of hydrogen-bond acceptors (Lipinski definition) is 5. The van der Waals surface area contributed by atoms with Crippen LogP contribution in [0, 0.1) is 0 Å². The van der Waals surface area contributed by atoms with Crippen LogP contribution in [0.25, 0.3) is 291 Å². The third-order valence-corrected chi connectivity index (χ3v) is 33.4. The van der Waals surface area contributed by atoms with Crippen LogP contribution in [0.3, 0.4) is 0 Å². The molecule has 5 nitrogen and oxygen atoms in total. The topological polar surface area (TPSA) is 40.2 Å². The number of methoxy groups -OCH3 is 2. The van der Waals surface area contributed by atoms with Crippen molar-refractivity contribution in [2.24, 2.45) is 0 Å². The minimum Gasteiger partial charge on any atom is -0.493 e. The normalized spacial score (nSPS) is 19.7. The summed E-state index contributed by atoms with van der Waals surface area (Å²) in [4.78, 5) is 3.10. The Morgan fingerprint density at radius 3 is 0.811 bits per heavy atom. The number of nitrogens with zero attached hydrogens (tertiary/aromatic N) is 1. The molecule has 5 aliphatic rings. The Bertz CT molecular complexity index is 8340. The third kappa shape index (κ3) is 4.19. The van der Waals surface area contributed by atoms with Crippen molar-refractivity contribution < 1.29 is 18.9 Å². The first-order valence-corrected chi connectivity index (χ1v) is 41.8. The molecule has 1 atom stereocenters. The molecule has 1 aliphatic heterocycles. The molecule has 0 saturated carbocycles. The fourth-order valence-corrected chi connectivity index (χ4v) is 31.2. The van der Waals surface area contributed by atoms with E-state index in [9.17, 15) is 0 Å². The van der Waals surface area contributed by atoms with Crippen LogP contribution in [0.1, 0.15) is 182 Å². The lowest BCUT2D eigenvalue weighted by atomic mass is 9.47. The molecule has 500 valence electrons. The summed E-state index contributed by atoms with van der Waals surface area (Å²) in [5.41, 5.74) is 8.39. The molecule has 2 spiro atoms.